The quantitative estimate of drug-likeness (QED) is 0.705. The summed E-state index contributed by atoms with van der Waals surface area (Å²) >= 11 is 0. The first-order chi connectivity index (χ1) is 13.0. The smallest absolute Gasteiger partial charge is 0.322 e. The molecule has 2 aromatic carbocycles. The van der Waals surface area contributed by atoms with Gasteiger partial charge in [0.15, 0.2) is 0 Å². The van der Waals surface area contributed by atoms with Gasteiger partial charge in [0.1, 0.15) is 23.1 Å². The standard InChI is InChI=1S/C20H16F3N3O/c21-14-8-6-13(7-9-14)19-17-5-2-10-25(17)11-12-26(19)20(27)24-18-15(22)3-1-4-16(18)23/h1-10,19H,11-12H2,(H,24,27)/t19-/m1/s1. The second-order valence-corrected chi connectivity index (χ2v) is 6.30. The van der Waals surface area contributed by atoms with Gasteiger partial charge < -0.3 is 14.8 Å². The van der Waals surface area contributed by atoms with Crippen molar-refractivity contribution in [2.45, 2.75) is 12.6 Å². The molecule has 0 bridgehead atoms. The zero-order chi connectivity index (χ0) is 19.0. The second-order valence-electron chi connectivity index (χ2n) is 6.30. The average Bonchev–Trinajstić information content (AvgIpc) is 3.13. The molecule has 27 heavy (non-hydrogen) atoms. The van der Waals surface area contributed by atoms with E-state index in [9.17, 15) is 18.0 Å². The Kier molecular flexibility index (Phi) is 4.35. The van der Waals surface area contributed by atoms with Crippen LogP contribution >= 0.6 is 0 Å². The molecular weight excluding hydrogens is 355 g/mol. The first kappa shape index (κ1) is 17.2. The van der Waals surface area contributed by atoms with Gasteiger partial charge in [0.25, 0.3) is 0 Å². The van der Waals surface area contributed by atoms with E-state index in [1.165, 1.54) is 23.1 Å². The van der Waals surface area contributed by atoms with Gasteiger partial charge in [-0.05, 0) is 42.0 Å². The van der Waals surface area contributed by atoms with Crippen LogP contribution in [0.2, 0.25) is 0 Å². The number of benzene rings is 2. The third kappa shape index (κ3) is 3.16. The Labute approximate surface area is 153 Å². The highest BCUT2D eigenvalue weighted by atomic mass is 19.1. The van der Waals surface area contributed by atoms with E-state index in [0.29, 0.717) is 18.7 Å². The molecule has 2 amide bonds. The molecule has 0 spiro atoms. The molecule has 0 saturated carbocycles. The first-order valence-corrected chi connectivity index (χ1v) is 8.47. The molecule has 3 aromatic rings. The summed E-state index contributed by atoms with van der Waals surface area (Å²) in [4.78, 5) is 14.3. The molecule has 0 fully saturated rings. The van der Waals surface area contributed by atoms with Crippen LogP contribution in [0.15, 0.2) is 60.8 Å². The van der Waals surface area contributed by atoms with Crippen molar-refractivity contribution in [3.63, 3.8) is 0 Å². The van der Waals surface area contributed by atoms with Gasteiger partial charge in [-0.1, -0.05) is 18.2 Å². The predicted molar refractivity (Wildman–Crippen MR) is 94.8 cm³/mol. The normalized spacial score (nSPS) is 16.1. The number of hydrogen-bond donors (Lipinski definition) is 1. The molecule has 0 aliphatic carbocycles. The van der Waals surface area contributed by atoms with Crippen molar-refractivity contribution >= 4 is 11.7 Å². The molecule has 1 N–H and O–H groups in total. The highest BCUT2D eigenvalue weighted by molar-refractivity contribution is 5.90. The molecule has 138 valence electrons. The Morgan fingerprint density at radius 2 is 1.63 bits per heavy atom. The molecule has 1 aliphatic rings. The van der Waals surface area contributed by atoms with E-state index in [1.807, 2.05) is 22.9 Å². The van der Waals surface area contributed by atoms with Gasteiger partial charge in [-0.15, -0.1) is 0 Å². The lowest BCUT2D eigenvalue weighted by Gasteiger charge is -2.37. The number of hydrogen-bond acceptors (Lipinski definition) is 1. The lowest BCUT2D eigenvalue weighted by molar-refractivity contribution is 0.181. The summed E-state index contributed by atoms with van der Waals surface area (Å²) in [5.41, 5.74) is 1.07. The van der Waals surface area contributed by atoms with E-state index in [4.69, 9.17) is 0 Å². The van der Waals surface area contributed by atoms with Crippen molar-refractivity contribution in [2.24, 2.45) is 0 Å². The SMILES string of the molecule is O=C(Nc1c(F)cccc1F)N1CCn2cccc2[C@H]1c1ccc(F)cc1. The molecule has 0 radical (unpaired) electrons. The Hall–Kier alpha value is -3.22. The van der Waals surface area contributed by atoms with Gasteiger partial charge in [0.2, 0.25) is 0 Å². The fraction of sp³-hybridized carbons (Fsp3) is 0.150. The average molecular weight is 371 g/mol. The number of fused-ring (bicyclic) bond motifs is 1. The number of aromatic nitrogens is 1. The van der Waals surface area contributed by atoms with Gasteiger partial charge >= 0.3 is 6.03 Å². The summed E-state index contributed by atoms with van der Waals surface area (Å²) < 4.78 is 43.2. The van der Waals surface area contributed by atoms with Crippen molar-refractivity contribution < 1.29 is 18.0 Å². The fourth-order valence-electron chi connectivity index (χ4n) is 3.39. The van der Waals surface area contributed by atoms with Gasteiger partial charge in [0, 0.05) is 25.0 Å². The first-order valence-electron chi connectivity index (χ1n) is 8.47. The molecule has 1 atom stereocenters. The predicted octanol–water partition coefficient (Wildman–Crippen LogP) is 4.54. The molecule has 1 aliphatic heterocycles. The highest BCUT2D eigenvalue weighted by Crippen LogP contribution is 2.33. The van der Waals surface area contributed by atoms with Crippen molar-refractivity contribution in [3.05, 3.63) is 89.5 Å². The Balaban J connectivity index is 1.70. The molecule has 7 heteroatoms. The van der Waals surface area contributed by atoms with E-state index in [-0.39, 0.29) is 5.82 Å². The molecular formula is C20H16F3N3O. The number of rotatable bonds is 2. The second kappa shape index (κ2) is 6.83. The summed E-state index contributed by atoms with van der Waals surface area (Å²) in [6.45, 7) is 0.888. The van der Waals surface area contributed by atoms with Crippen molar-refractivity contribution in [3.8, 4) is 0 Å². The molecule has 0 saturated heterocycles. The fourth-order valence-corrected chi connectivity index (χ4v) is 3.39. The summed E-state index contributed by atoms with van der Waals surface area (Å²) in [5, 5.41) is 2.34. The van der Waals surface area contributed by atoms with Gasteiger partial charge in [-0.2, -0.15) is 0 Å². The Morgan fingerprint density at radius 3 is 2.33 bits per heavy atom. The van der Waals surface area contributed by atoms with Crippen LogP contribution in [0.1, 0.15) is 17.3 Å². The lowest BCUT2D eigenvalue weighted by Crippen LogP contribution is -2.44. The Morgan fingerprint density at radius 1 is 0.926 bits per heavy atom. The van der Waals surface area contributed by atoms with Crippen LogP contribution in [0.25, 0.3) is 0 Å². The van der Waals surface area contributed by atoms with E-state index in [2.05, 4.69) is 5.32 Å². The molecule has 2 heterocycles. The maximum atomic E-state index is 13.9. The lowest BCUT2D eigenvalue weighted by atomic mass is 10.0. The summed E-state index contributed by atoms with van der Waals surface area (Å²) in [6.07, 6.45) is 1.90. The number of urea groups is 1. The summed E-state index contributed by atoms with van der Waals surface area (Å²) in [7, 11) is 0. The number of amides is 2. The summed E-state index contributed by atoms with van der Waals surface area (Å²) in [5.74, 6) is -2.07. The zero-order valence-corrected chi connectivity index (χ0v) is 14.2. The molecule has 0 unspecified atom stereocenters. The number of para-hydroxylation sites is 1. The van der Waals surface area contributed by atoms with Gasteiger partial charge in [0.05, 0.1) is 6.04 Å². The molecule has 4 nitrogen and oxygen atoms in total. The minimum atomic E-state index is -0.845. The van der Waals surface area contributed by atoms with Crippen LogP contribution < -0.4 is 5.32 Å². The molecule has 4 rings (SSSR count). The number of anilines is 1. The minimum absolute atomic E-state index is 0.339. The van der Waals surface area contributed by atoms with Crippen LogP contribution in [-0.2, 0) is 6.54 Å². The van der Waals surface area contributed by atoms with Crippen LogP contribution in [0, 0.1) is 17.5 Å². The topological polar surface area (TPSA) is 37.3 Å². The van der Waals surface area contributed by atoms with Crippen molar-refractivity contribution in [2.75, 3.05) is 11.9 Å². The van der Waals surface area contributed by atoms with Crippen LogP contribution in [-0.4, -0.2) is 22.0 Å². The monoisotopic (exact) mass is 371 g/mol. The van der Waals surface area contributed by atoms with Crippen molar-refractivity contribution in [1.82, 2.24) is 9.47 Å². The number of nitrogens with zero attached hydrogens (tertiary/aromatic N) is 2. The number of carbonyl (C=O) groups excluding carboxylic acids is 1. The Bertz CT molecular complexity index is 964. The summed E-state index contributed by atoms with van der Waals surface area (Å²) in [6, 6.07) is 11.9. The van der Waals surface area contributed by atoms with E-state index < -0.39 is 29.4 Å². The molecule has 1 aromatic heterocycles. The van der Waals surface area contributed by atoms with E-state index in [0.717, 1.165) is 17.8 Å². The minimum Gasteiger partial charge on any atom is -0.348 e. The third-order valence-corrected chi connectivity index (χ3v) is 4.68. The highest BCUT2D eigenvalue weighted by Gasteiger charge is 2.32. The number of carbonyl (C=O) groups is 1. The van der Waals surface area contributed by atoms with Crippen molar-refractivity contribution in [1.29, 1.82) is 0 Å². The van der Waals surface area contributed by atoms with E-state index >= 15 is 0 Å². The zero-order valence-electron chi connectivity index (χ0n) is 14.2. The van der Waals surface area contributed by atoms with Crippen LogP contribution in [0.5, 0.6) is 0 Å². The van der Waals surface area contributed by atoms with Gasteiger partial charge in [-0.25, -0.2) is 18.0 Å². The third-order valence-electron chi connectivity index (χ3n) is 4.68. The van der Waals surface area contributed by atoms with Crippen LogP contribution in [0.3, 0.4) is 0 Å². The number of nitrogens with one attached hydrogen (secondary N) is 1. The van der Waals surface area contributed by atoms with E-state index in [1.54, 1.807) is 12.1 Å². The van der Waals surface area contributed by atoms with Gasteiger partial charge in [-0.3, -0.25) is 0 Å². The maximum absolute atomic E-state index is 13.9. The largest absolute Gasteiger partial charge is 0.348 e. The maximum Gasteiger partial charge on any atom is 0.322 e. The number of halogens is 3. The van der Waals surface area contributed by atoms with Crippen LogP contribution in [0.4, 0.5) is 23.7 Å².